The van der Waals surface area contributed by atoms with E-state index >= 15 is 0 Å². The maximum atomic E-state index is 14.9. The standard InChI is InChI=1S/C43H51F3N6O7/c1-41(2,40-48-22-35(58-40)29-19-31(56-5)21-47-20-29)51-16-15-50(33(24-51)38(54)49-26-43(44,45)46)23-30(53)18-28(17-27-11-7-6-8-12-27)39(55)52-37-32-13-9-10-14-34(32)57-25-36(37)59-42(52,3)4/h6-14,19-22,28,30,33,36-37,53H,15-18,23-26H2,1-5H3,(H,49,54)/t28-,30+,33+,36-,37+/m1/s1. The van der Waals surface area contributed by atoms with Gasteiger partial charge in [0.1, 0.15) is 42.5 Å². The lowest BCUT2D eigenvalue weighted by atomic mass is 9.89. The second-order valence-corrected chi connectivity index (χ2v) is 16.4. The van der Waals surface area contributed by atoms with E-state index < -0.39 is 60.1 Å². The van der Waals surface area contributed by atoms with Crippen LogP contribution in [0, 0.1) is 5.92 Å². The number of piperazine rings is 1. The number of alkyl halides is 3. The maximum absolute atomic E-state index is 14.9. The lowest BCUT2D eigenvalue weighted by molar-refractivity contribution is -0.153. The molecule has 0 radical (unpaired) electrons. The van der Waals surface area contributed by atoms with E-state index in [0.29, 0.717) is 41.7 Å². The van der Waals surface area contributed by atoms with Gasteiger partial charge in [-0.3, -0.25) is 24.4 Å². The Kier molecular flexibility index (Phi) is 12.1. The fourth-order valence-electron chi connectivity index (χ4n) is 8.52. The number of carbonyl (C=O) groups is 2. The van der Waals surface area contributed by atoms with Gasteiger partial charge in [0.25, 0.3) is 0 Å². The van der Waals surface area contributed by atoms with Crippen LogP contribution in [0.1, 0.15) is 57.2 Å². The van der Waals surface area contributed by atoms with Gasteiger partial charge >= 0.3 is 6.18 Å². The largest absolute Gasteiger partial charge is 0.495 e. The number of hydrogen-bond donors (Lipinski definition) is 2. The Balaban J connectivity index is 1.11. The van der Waals surface area contributed by atoms with Crippen LogP contribution >= 0.6 is 0 Å². The lowest BCUT2D eigenvalue weighted by Crippen LogP contribution is -2.63. The summed E-state index contributed by atoms with van der Waals surface area (Å²) >= 11 is 0. The van der Waals surface area contributed by atoms with E-state index in [0.717, 1.165) is 11.1 Å². The first-order valence-electron chi connectivity index (χ1n) is 19.8. The molecule has 0 unspecified atom stereocenters. The van der Waals surface area contributed by atoms with E-state index in [4.69, 9.17) is 18.6 Å². The molecule has 7 rings (SSSR count). The third-order valence-electron chi connectivity index (χ3n) is 11.5. The van der Waals surface area contributed by atoms with Crippen molar-refractivity contribution in [3.05, 3.63) is 96.3 Å². The molecule has 59 heavy (non-hydrogen) atoms. The van der Waals surface area contributed by atoms with E-state index in [1.807, 2.05) is 87.2 Å². The minimum Gasteiger partial charge on any atom is -0.495 e. The van der Waals surface area contributed by atoms with Gasteiger partial charge in [0.2, 0.25) is 17.7 Å². The highest BCUT2D eigenvalue weighted by molar-refractivity contribution is 5.82. The molecule has 0 aliphatic carbocycles. The number of benzene rings is 2. The lowest BCUT2D eigenvalue weighted by Gasteiger charge is -2.46. The molecule has 13 nitrogen and oxygen atoms in total. The molecule has 5 heterocycles. The van der Waals surface area contributed by atoms with Gasteiger partial charge in [-0.15, -0.1) is 0 Å². The zero-order chi connectivity index (χ0) is 42.1. The SMILES string of the molecule is COc1cncc(-c2cnc(C(C)(C)N3CCN(C[C@@H](O)C[C@@H](Cc4ccccc4)C(=O)N4[C@H]5c6ccccc6OC[C@H]5OC4(C)C)[C@H](C(=O)NCC(F)(F)F)C3)o2)c1. The normalized spacial score (nSPS) is 21.8. The van der Waals surface area contributed by atoms with Crippen molar-refractivity contribution < 1.29 is 46.5 Å². The summed E-state index contributed by atoms with van der Waals surface area (Å²) in [6.45, 7) is 6.75. The fraction of sp³-hybridized carbons (Fsp3) is 0.488. The first-order chi connectivity index (χ1) is 28.0. The molecule has 3 aliphatic rings. The Labute approximate surface area is 341 Å². The van der Waals surface area contributed by atoms with E-state index in [-0.39, 0.29) is 38.6 Å². The van der Waals surface area contributed by atoms with Gasteiger partial charge in [-0.2, -0.15) is 13.2 Å². The second-order valence-electron chi connectivity index (χ2n) is 16.4. The Morgan fingerprint density at radius 1 is 1.05 bits per heavy atom. The Morgan fingerprint density at radius 3 is 2.54 bits per heavy atom. The van der Waals surface area contributed by atoms with Crippen molar-refractivity contribution in [3.8, 4) is 22.8 Å². The average molecular weight is 821 g/mol. The molecular weight excluding hydrogens is 770 g/mol. The van der Waals surface area contributed by atoms with Gasteiger partial charge in [0.05, 0.1) is 37.2 Å². The Hall–Kier alpha value is -5.03. The number of pyridine rings is 1. The summed E-state index contributed by atoms with van der Waals surface area (Å²) in [4.78, 5) is 42.7. The van der Waals surface area contributed by atoms with Crippen molar-refractivity contribution in [3.63, 3.8) is 0 Å². The molecule has 0 spiro atoms. The van der Waals surface area contributed by atoms with Crippen molar-refractivity contribution in [1.29, 1.82) is 0 Å². The highest BCUT2D eigenvalue weighted by atomic mass is 19.4. The second kappa shape index (κ2) is 16.9. The van der Waals surface area contributed by atoms with Gasteiger partial charge in [0.15, 0.2) is 5.76 Å². The summed E-state index contributed by atoms with van der Waals surface area (Å²) < 4.78 is 64.0. The molecule has 316 valence electrons. The summed E-state index contributed by atoms with van der Waals surface area (Å²) in [6.07, 6.45) is -1.06. The zero-order valence-electron chi connectivity index (χ0n) is 33.8. The summed E-state index contributed by atoms with van der Waals surface area (Å²) in [5.41, 5.74) is 0.498. The molecular formula is C43H51F3N6O7. The van der Waals surface area contributed by atoms with Crippen molar-refractivity contribution in [2.75, 3.05) is 46.4 Å². The number of aliphatic hydroxyl groups excluding tert-OH is 1. The number of amides is 2. The third kappa shape index (κ3) is 9.25. The molecule has 0 saturated carbocycles. The van der Waals surface area contributed by atoms with Gasteiger partial charge < -0.3 is 34.0 Å². The number of ether oxygens (including phenoxy) is 3. The van der Waals surface area contributed by atoms with Crippen LogP contribution in [-0.4, -0.2) is 118 Å². The quantitative estimate of drug-likeness (QED) is 0.180. The summed E-state index contributed by atoms with van der Waals surface area (Å²) in [5, 5.41) is 13.9. The van der Waals surface area contributed by atoms with Crippen LogP contribution in [0.4, 0.5) is 13.2 Å². The summed E-state index contributed by atoms with van der Waals surface area (Å²) in [6, 6.07) is 17.4. The van der Waals surface area contributed by atoms with Crippen LogP contribution in [0.25, 0.3) is 11.3 Å². The molecule has 2 fully saturated rings. The van der Waals surface area contributed by atoms with Gasteiger partial charge in [0, 0.05) is 49.4 Å². The monoisotopic (exact) mass is 820 g/mol. The highest BCUT2D eigenvalue weighted by Gasteiger charge is 2.54. The topological polar surface area (TPSA) is 143 Å². The molecule has 0 bridgehead atoms. The molecule has 16 heteroatoms. The molecule has 2 saturated heterocycles. The number of methoxy groups -OCH3 is 1. The molecule has 5 atom stereocenters. The number of hydrogen-bond acceptors (Lipinski definition) is 11. The molecule has 2 aromatic heterocycles. The predicted octanol–water partition coefficient (Wildman–Crippen LogP) is 5.35. The van der Waals surface area contributed by atoms with Crippen molar-refractivity contribution in [2.45, 2.75) is 82.3 Å². The van der Waals surface area contributed by atoms with E-state index in [1.54, 1.807) is 34.5 Å². The van der Waals surface area contributed by atoms with Crippen LogP contribution in [0.15, 0.2) is 83.7 Å². The predicted molar refractivity (Wildman–Crippen MR) is 210 cm³/mol. The van der Waals surface area contributed by atoms with Gasteiger partial charge in [-0.05, 0) is 58.2 Å². The van der Waals surface area contributed by atoms with Crippen molar-refractivity contribution in [1.82, 2.24) is 30.0 Å². The van der Waals surface area contributed by atoms with E-state index in [9.17, 15) is 27.9 Å². The number of nitrogens with one attached hydrogen (secondary N) is 1. The van der Waals surface area contributed by atoms with E-state index in [2.05, 4.69) is 15.3 Å². The highest BCUT2D eigenvalue weighted by Crippen LogP contribution is 2.48. The molecule has 2 N–H and O–H groups in total. The molecule has 3 aliphatic heterocycles. The average Bonchev–Trinajstić information content (AvgIpc) is 3.82. The zero-order valence-corrected chi connectivity index (χ0v) is 33.8. The Bertz CT molecular complexity index is 2100. The van der Waals surface area contributed by atoms with Crippen LogP contribution < -0.4 is 14.8 Å². The fourth-order valence-corrected chi connectivity index (χ4v) is 8.52. The van der Waals surface area contributed by atoms with Gasteiger partial charge in [-0.25, -0.2) is 4.98 Å². The summed E-state index contributed by atoms with van der Waals surface area (Å²) in [7, 11) is 1.53. The number of oxazole rings is 1. The first kappa shape index (κ1) is 42.1. The van der Waals surface area contributed by atoms with Gasteiger partial charge in [-0.1, -0.05) is 48.5 Å². The maximum Gasteiger partial charge on any atom is 0.405 e. The smallest absolute Gasteiger partial charge is 0.405 e. The number of rotatable bonds is 13. The van der Waals surface area contributed by atoms with E-state index in [1.165, 1.54) is 7.11 Å². The number of nitrogens with zero attached hydrogens (tertiary/aromatic N) is 5. The van der Waals surface area contributed by atoms with Crippen molar-refractivity contribution in [2.24, 2.45) is 5.92 Å². The third-order valence-corrected chi connectivity index (χ3v) is 11.5. The number of fused-ring (bicyclic) bond motifs is 3. The van der Waals surface area contributed by atoms with Crippen molar-refractivity contribution >= 4 is 11.8 Å². The number of para-hydroxylation sites is 1. The number of aromatic nitrogens is 2. The number of halogens is 3. The molecule has 2 aromatic carbocycles. The van der Waals surface area contributed by atoms with Crippen LogP contribution in [0.2, 0.25) is 0 Å². The van der Waals surface area contributed by atoms with Crippen LogP contribution in [-0.2, 0) is 26.3 Å². The minimum atomic E-state index is -4.63. The number of aliphatic hydroxyl groups is 1. The molecule has 2 amide bonds. The van der Waals surface area contributed by atoms with Crippen LogP contribution in [0.5, 0.6) is 11.5 Å². The number of β-amino-alcohol motifs (C(OH)–C–C–N with tert-alkyl or cyclic N) is 1. The first-order valence-corrected chi connectivity index (χ1v) is 19.8. The minimum absolute atomic E-state index is 0.0120. The van der Waals surface area contributed by atoms with Crippen LogP contribution in [0.3, 0.4) is 0 Å². The molecule has 4 aromatic rings. The number of carbonyl (C=O) groups excluding carboxylic acids is 2. The summed E-state index contributed by atoms with van der Waals surface area (Å²) in [5.74, 6) is 0.257. The Morgan fingerprint density at radius 2 is 1.80 bits per heavy atom.